The van der Waals surface area contributed by atoms with Crippen LogP contribution in [0.4, 0.5) is 17.2 Å². The van der Waals surface area contributed by atoms with E-state index in [9.17, 15) is 4.79 Å². The Balaban J connectivity index is 2.32. The first-order valence-electron chi connectivity index (χ1n) is 5.61. The zero-order valence-electron chi connectivity index (χ0n) is 10.6. The lowest BCUT2D eigenvalue weighted by Gasteiger charge is -2.10. The van der Waals surface area contributed by atoms with Crippen molar-refractivity contribution in [3.63, 3.8) is 0 Å². The summed E-state index contributed by atoms with van der Waals surface area (Å²) in [5.41, 5.74) is 6.77. The summed E-state index contributed by atoms with van der Waals surface area (Å²) in [4.78, 5) is 14.9. The highest BCUT2D eigenvalue weighted by Crippen LogP contribution is 2.30. The molecule has 0 atom stereocenters. The Morgan fingerprint density at radius 3 is 2.75 bits per heavy atom. The number of nitrogens with two attached hydrogens (primary N) is 1. The number of ether oxygens (including phenoxy) is 1. The molecule has 0 fully saturated rings. The number of carboxylic acids is 1. The average Bonchev–Trinajstić information content (AvgIpc) is 2.41. The molecule has 0 saturated heterocycles. The summed E-state index contributed by atoms with van der Waals surface area (Å²) in [6.07, 6.45) is 0. The number of halogens is 1. The monoisotopic (exact) mass is 337 g/mol. The summed E-state index contributed by atoms with van der Waals surface area (Å²) < 4.78 is 5.89. The maximum Gasteiger partial charge on any atom is 0.354 e. The number of nitrogen functional groups attached to an aromatic ring is 1. The maximum atomic E-state index is 10.9. The lowest BCUT2D eigenvalue weighted by atomic mass is 10.2. The molecular weight excluding hydrogens is 326 g/mol. The molecule has 0 bridgehead atoms. The van der Waals surface area contributed by atoms with Crippen LogP contribution < -0.4 is 15.8 Å². The minimum absolute atomic E-state index is 0.0747. The molecule has 0 aliphatic carbocycles. The van der Waals surface area contributed by atoms with Gasteiger partial charge in [0.2, 0.25) is 0 Å². The average molecular weight is 338 g/mol. The van der Waals surface area contributed by atoms with Crippen LogP contribution in [0.5, 0.6) is 5.75 Å². The van der Waals surface area contributed by atoms with E-state index < -0.39 is 5.97 Å². The molecule has 0 unspecified atom stereocenters. The first-order chi connectivity index (χ1) is 9.51. The zero-order valence-corrected chi connectivity index (χ0v) is 12.1. The maximum absolute atomic E-state index is 10.9. The number of pyridine rings is 1. The Hall–Kier alpha value is -2.28. The van der Waals surface area contributed by atoms with Crippen LogP contribution in [0.1, 0.15) is 10.5 Å². The fourth-order valence-electron chi connectivity index (χ4n) is 1.57. The van der Waals surface area contributed by atoms with Crippen LogP contribution in [0.15, 0.2) is 34.8 Å². The highest BCUT2D eigenvalue weighted by Gasteiger charge is 2.09. The summed E-state index contributed by atoms with van der Waals surface area (Å²) >= 11 is 3.37. The number of benzene rings is 1. The Labute approximate surface area is 123 Å². The van der Waals surface area contributed by atoms with Crippen LogP contribution in [-0.4, -0.2) is 23.2 Å². The highest BCUT2D eigenvalue weighted by molar-refractivity contribution is 9.10. The number of aromatic carboxylic acids is 1. The van der Waals surface area contributed by atoms with Gasteiger partial charge in [-0.2, -0.15) is 0 Å². The van der Waals surface area contributed by atoms with Crippen molar-refractivity contribution in [2.24, 2.45) is 0 Å². The SMILES string of the molecule is COc1ccc(Nc2nc(C(=O)O)ccc2N)cc1Br. The van der Waals surface area contributed by atoms with Gasteiger partial charge < -0.3 is 20.9 Å². The standard InChI is InChI=1S/C13H12BrN3O3/c1-20-11-5-2-7(6-8(11)14)16-12-9(15)3-4-10(17-12)13(18)19/h2-6H,15H2,1H3,(H,16,17)(H,18,19). The minimum Gasteiger partial charge on any atom is -0.496 e. The van der Waals surface area contributed by atoms with E-state index in [4.69, 9.17) is 15.6 Å². The Morgan fingerprint density at radius 2 is 2.15 bits per heavy atom. The lowest BCUT2D eigenvalue weighted by molar-refractivity contribution is 0.0690. The van der Waals surface area contributed by atoms with Gasteiger partial charge in [-0.15, -0.1) is 0 Å². The fraction of sp³-hybridized carbons (Fsp3) is 0.0769. The largest absolute Gasteiger partial charge is 0.496 e. The molecule has 20 heavy (non-hydrogen) atoms. The van der Waals surface area contributed by atoms with Crippen molar-refractivity contribution in [1.29, 1.82) is 0 Å². The van der Waals surface area contributed by atoms with E-state index in [0.29, 0.717) is 22.9 Å². The molecule has 2 aromatic rings. The van der Waals surface area contributed by atoms with Crippen molar-refractivity contribution in [1.82, 2.24) is 4.98 Å². The molecule has 1 heterocycles. The van der Waals surface area contributed by atoms with Gasteiger partial charge in [0.15, 0.2) is 11.5 Å². The summed E-state index contributed by atoms with van der Waals surface area (Å²) in [6, 6.07) is 8.18. The Bertz CT molecular complexity index is 661. The van der Waals surface area contributed by atoms with Gasteiger partial charge in [-0.1, -0.05) is 0 Å². The molecule has 0 aliphatic rings. The van der Waals surface area contributed by atoms with Crippen LogP contribution in [-0.2, 0) is 0 Å². The minimum atomic E-state index is -1.11. The normalized spacial score (nSPS) is 10.1. The van der Waals surface area contributed by atoms with Gasteiger partial charge in [-0.05, 0) is 46.3 Å². The van der Waals surface area contributed by atoms with E-state index in [-0.39, 0.29) is 5.69 Å². The molecule has 4 N–H and O–H groups in total. The number of hydrogen-bond acceptors (Lipinski definition) is 5. The van der Waals surface area contributed by atoms with E-state index >= 15 is 0 Å². The van der Waals surface area contributed by atoms with Crippen LogP contribution in [0.2, 0.25) is 0 Å². The number of methoxy groups -OCH3 is 1. The molecule has 0 spiro atoms. The predicted octanol–water partition coefficient (Wildman–Crippen LogP) is 2.88. The molecule has 2 rings (SSSR count). The van der Waals surface area contributed by atoms with Crippen LogP contribution in [0, 0.1) is 0 Å². The van der Waals surface area contributed by atoms with Gasteiger partial charge in [0.05, 0.1) is 17.3 Å². The third-order valence-corrected chi connectivity index (χ3v) is 3.18. The number of anilines is 3. The van der Waals surface area contributed by atoms with Crippen LogP contribution in [0.3, 0.4) is 0 Å². The quantitative estimate of drug-likeness (QED) is 0.793. The Morgan fingerprint density at radius 1 is 1.40 bits per heavy atom. The van der Waals surface area contributed by atoms with E-state index in [1.54, 1.807) is 25.3 Å². The number of nitrogens with zero attached hydrogens (tertiary/aromatic N) is 1. The van der Waals surface area contributed by atoms with E-state index in [2.05, 4.69) is 26.2 Å². The zero-order chi connectivity index (χ0) is 14.7. The van der Waals surface area contributed by atoms with Gasteiger partial charge >= 0.3 is 5.97 Å². The number of carboxylic acid groups (broad SMARTS) is 1. The summed E-state index contributed by atoms with van der Waals surface area (Å²) in [5.74, 6) is -0.123. The van der Waals surface area contributed by atoms with Gasteiger partial charge in [0.1, 0.15) is 5.75 Å². The Kier molecular flexibility index (Phi) is 4.09. The van der Waals surface area contributed by atoms with Crippen molar-refractivity contribution in [2.75, 3.05) is 18.2 Å². The molecule has 0 aliphatic heterocycles. The second kappa shape index (κ2) is 5.79. The van der Waals surface area contributed by atoms with E-state index in [0.717, 1.165) is 4.47 Å². The third kappa shape index (κ3) is 3.00. The lowest BCUT2D eigenvalue weighted by Crippen LogP contribution is -2.05. The molecule has 0 saturated carbocycles. The first-order valence-corrected chi connectivity index (χ1v) is 6.41. The summed E-state index contributed by atoms with van der Waals surface area (Å²) in [6.45, 7) is 0. The van der Waals surface area contributed by atoms with Crippen LogP contribution >= 0.6 is 15.9 Å². The summed E-state index contributed by atoms with van der Waals surface area (Å²) in [5, 5.41) is 11.9. The number of hydrogen-bond donors (Lipinski definition) is 3. The van der Waals surface area contributed by atoms with Crippen molar-refractivity contribution in [3.8, 4) is 5.75 Å². The molecule has 7 heteroatoms. The van der Waals surface area contributed by atoms with E-state index in [1.807, 2.05) is 0 Å². The summed E-state index contributed by atoms with van der Waals surface area (Å²) in [7, 11) is 1.57. The number of nitrogens with one attached hydrogen (secondary N) is 1. The molecule has 1 aromatic carbocycles. The number of carbonyl (C=O) groups is 1. The third-order valence-electron chi connectivity index (χ3n) is 2.56. The van der Waals surface area contributed by atoms with Crippen molar-refractivity contribution in [2.45, 2.75) is 0 Å². The van der Waals surface area contributed by atoms with Gasteiger partial charge in [0, 0.05) is 5.69 Å². The van der Waals surface area contributed by atoms with E-state index in [1.165, 1.54) is 12.1 Å². The molecular formula is C13H12BrN3O3. The molecule has 0 radical (unpaired) electrons. The second-order valence-corrected chi connectivity index (χ2v) is 4.77. The highest BCUT2D eigenvalue weighted by atomic mass is 79.9. The molecule has 1 aromatic heterocycles. The van der Waals surface area contributed by atoms with Gasteiger partial charge in [-0.3, -0.25) is 0 Å². The second-order valence-electron chi connectivity index (χ2n) is 3.91. The molecule has 6 nitrogen and oxygen atoms in total. The number of aromatic nitrogens is 1. The van der Waals surface area contributed by atoms with Crippen LogP contribution in [0.25, 0.3) is 0 Å². The van der Waals surface area contributed by atoms with Crippen molar-refractivity contribution >= 4 is 39.1 Å². The predicted molar refractivity (Wildman–Crippen MR) is 79.6 cm³/mol. The number of rotatable bonds is 4. The van der Waals surface area contributed by atoms with Crippen molar-refractivity contribution in [3.05, 3.63) is 40.5 Å². The first kappa shape index (κ1) is 14.1. The van der Waals surface area contributed by atoms with Crippen molar-refractivity contribution < 1.29 is 14.6 Å². The fourth-order valence-corrected chi connectivity index (χ4v) is 2.11. The molecule has 0 amide bonds. The van der Waals surface area contributed by atoms with Gasteiger partial charge in [0.25, 0.3) is 0 Å². The van der Waals surface area contributed by atoms with Gasteiger partial charge in [-0.25, -0.2) is 9.78 Å². The topological polar surface area (TPSA) is 97.5 Å². The molecule has 104 valence electrons. The smallest absolute Gasteiger partial charge is 0.354 e.